The zero-order chi connectivity index (χ0) is 99.9. The lowest BCUT2D eigenvalue weighted by atomic mass is 10.1. The molecule has 0 aliphatic carbocycles. The van der Waals surface area contributed by atoms with Crippen LogP contribution in [0, 0.1) is 119 Å². The zero-order valence-electron chi connectivity index (χ0n) is 77.9. The van der Waals surface area contributed by atoms with E-state index in [1.807, 2.05) is 239 Å². The molecule has 13 rings (SSSR count). The van der Waals surface area contributed by atoms with E-state index in [0.717, 1.165) is 93.3 Å². The molecule has 134 heavy (non-hydrogen) atoms. The van der Waals surface area contributed by atoms with Crippen LogP contribution in [-0.2, 0) is 6.61 Å². The van der Waals surface area contributed by atoms with E-state index in [4.69, 9.17) is 134 Å². The highest BCUT2D eigenvalue weighted by atomic mass is 79.9. The van der Waals surface area contributed by atoms with E-state index < -0.39 is 11.2 Å². The Bertz CT molecular complexity index is 6490. The van der Waals surface area contributed by atoms with E-state index in [1.165, 1.54) is 11.6 Å². The van der Waals surface area contributed by atoms with Crippen molar-refractivity contribution in [1.29, 1.82) is 26.3 Å². The molecule has 7 N–H and O–H groups in total. The molecule has 0 fully saturated rings. The van der Waals surface area contributed by atoms with E-state index in [0.29, 0.717) is 102 Å². The van der Waals surface area contributed by atoms with Crippen LogP contribution in [0.25, 0.3) is 0 Å². The van der Waals surface area contributed by atoms with Gasteiger partial charge in [0, 0.05) is 14.5 Å². The third-order valence-corrected chi connectivity index (χ3v) is 20.3. The summed E-state index contributed by atoms with van der Waals surface area (Å²) in [6.07, 6.45) is 0. The SMILES string of the molecule is CC(C)c1c(Cl)nc(Cl)nc1Cl.COc1cc(Br)cc(C)c1N.COc1cc(C)cc(Br)c1.COc1cc(C)cc(C#N)c1.COc1cccc(C)c1N.Cc1cc(C#N)cc(Oc2[nH]c(=O)[nH]c(=O)c2C(C)C)c1.Cc1cc(C#N)cc(Oc2nc(C)nc(OCc3ccccc3)c2C(C)C)c1.Cc1cc(C#N)cc(Oc2nc(Cl)nc(Cl)c2C(C)C)c1.Cc1cc(O)cc(C#N)c1. The summed E-state index contributed by atoms with van der Waals surface area (Å²) in [5.41, 5.74) is 25.9. The number of hydrogen-bond donors (Lipinski definition) is 5. The van der Waals surface area contributed by atoms with Crippen molar-refractivity contribution >= 4 is 101 Å². The number of nitrogens with two attached hydrogens (primary N) is 2. The van der Waals surface area contributed by atoms with Crippen LogP contribution < -0.4 is 60.6 Å². The molecule has 0 spiro atoms. The Morgan fingerprint density at radius 2 is 0.776 bits per heavy atom. The van der Waals surface area contributed by atoms with Gasteiger partial charge < -0.3 is 54.5 Å². The normalized spacial score (nSPS) is 10.1. The second kappa shape index (κ2) is 55.2. The molecule has 9 aromatic carbocycles. The number of aromatic nitrogens is 8. The summed E-state index contributed by atoms with van der Waals surface area (Å²) in [6, 6.07) is 61.6. The number of ether oxygens (including phenoxy) is 8. The smallest absolute Gasteiger partial charge is 0.328 e. The summed E-state index contributed by atoms with van der Waals surface area (Å²) in [4.78, 5) is 52.6. The van der Waals surface area contributed by atoms with Crippen molar-refractivity contribution in [2.75, 3.05) is 39.9 Å². The van der Waals surface area contributed by atoms with Gasteiger partial charge in [-0.1, -0.05) is 165 Å². The minimum absolute atomic E-state index is 0.0209. The maximum atomic E-state index is 11.9. The van der Waals surface area contributed by atoms with Crippen LogP contribution in [0.1, 0.15) is 185 Å². The molecule has 0 saturated carbocycles. The second-order valence-corrected chi connectivity index (χ2v) is 34.4. The Labute approximate surface area is 823 Å². The first kappa shape index (κ1) is 111. The van der Waals surface area contributed by atoms with Crippen molar-refractivity contribution in [3.05, 3.63) is 332 Å². The molecule has 698 valence electrons. The van der Waals surface area contributed by atoms with Gasteiger partial charge in [0.1, 0.15) is 73.9 Å². The fraction of sp³-hybridized carbons (Fsp3) is 0.257. The van der Waals surface area contributed by atoms with Crippen molar-refractivity contribution < 1.29 is 43.0 Å². The number of nitrogens with one attached hydrogen (secondary N) is 2. The maximum absolute atomic E-state index is 11.9. The number of phenolic OH excluding ortho intramolecular Hbond substituents is 1. The highest BCUT2D eigenvalue weighted by Gasteiger charge is 2.23. The number of para-hydroxylation sites is 1. The van der Waals surface area contributed by atoms with Crippen LogP contribution in [0.5, 0.6) is 69.5 Å². The van der Waals surface area contributed by atoms with Crippen molar-refractivity contribution in [2.24, 2.45) is 0 Å². The van der Waals surface area contributed by atoms with E-state index in [9.17, 15) is 14.9 Å². The first-order chi connectivity index (χ1) is 63.4. The standard InChI is InChI=1S/C23H23N3O2.C15H13Cl2N3O.C15H15N3O3.C9H9NO.C8H10BrNO.C8H9BrO.C8H7NO.C8H11NO.C7H7Cl3N2/c1-15(2)21-22(27-14-18-8-6-5-7-9-18)25-17(4)26-23(21)28-20-11-16(3)10-19(12-20)13-24;1-8(2)12-13(16)19-15(17)20-14(12)21-11-5-9(3)4-10(6-11)7-18;1-8(2)12-13(19)17-15(20)18-14(12)21-11-5-9(3)4-10(6-11)7-16;1-7-3-8(6-10)5-9(4-7)11-2;1-5-3-6(9)4-7(11-2)8(5)10;1-6-3-7(9)5-8(4-6)10-2;1-6-2-7(5-9)4-8(10)3-6;1-6-4-3-5-7(10-2)8(6)9;1-3(2)4-5(8)11-7(10)12-6(4)9/h5-12,15H,14H2,1-4H3;4-6,8H,1-3H3;4-6,8H,1-3H3,(H2,17,18,19,20);3-5H,1-2H3;3-4H,10H2,1-2H3;3-5H,1-2H3;2-4,10H,1H3;3-5H,9H2,1-2H3;3H,1-2H3. The molecule has 26 nitrogen and oxygen atoms in total. The van der Waals surface area contributed by atoms with Crippen LogP contribution >= 0.6 is 89.9 Å². The highest BCUT2D eigenvalue weighted by molar-refractivity contribution is 9.10. The average molecular weight is 2040 g/mol. The first-order valence-electron chi connectivity index (χ1n) is 41.1. The third-order valence-electron chi connectivity index (χ3n) is 18.2. The maximum Gasteiger partial charge on any atom is 0.328 e. The molecule has 0 atom stereocenters. The number of nitrogen functional groups attached to an aromatic ring is 2. The molecule has 0 aliphatic heterocycles. The Morgan fingerprint density at radius 3 is 1.21 bits per heavy atom. The van der Waals surface area contributed by atoms with Gasteiger partial charge in [-0.25, -0.2) is 19.7 Å². The average Bonchev–Trinajstić information content (AvgIpc) is 0.817. The Balaban J connectivity index is 0.000000274. The molecule has 4 heterocycles. The molecule has 4 aromatic heterocycles. The molecule has 0 amide bonds. The minimum Gasteiger partial charge on any atom is -0.508 e. The van der Waals surface area contributed by atoms with E-state index >= 15 is 0 Å². The molecule has 0 saturated heterocycles. The van der Waals surface area contributed by atoms with Crippen LogP contribution in [0.3, 0.4) is 0 Å². The third kappa shape index (κ3) is 36.6. The fourth-order valence-electron chi connectivity index (χ4n) is 12.1. The van der Waals surface area contributed by atoms with Gasteiger partial charge in [0.25, 0.3) is 5.56 Å². The van der Waals surface area contributed by atoms with Gasteiger partial charge >= 0.3 is 5.69 Å². The summed E-state index contributed by atoms with van der Waals surface area (Å²) in [7, 11) is 6.49. The number of anilines is 2. The molecule has 0 radical (unpaired) electrons. The summed E-state index contributed by atoms with van der Waals surface area (Å²) in [6.45, 7) is 33.2. The quantitative estimate of drug-likeness (QED) is 0.0321. The number of rotatable bonds is 17. The number of aryl methyl sites for hydroxylation is 9. The number of aromatic amines is 2. The number of halogens is 7. The molecule has 0 unspecified atom stereocenters. The van der Waals surface area contributed by atoms with Gasteiger partial charge in [-0.3, -0.25) is 14.8 Å². The van der Waals surface area contributed by atoms with Gasteiger partial charge in [0.05, 0.1) is 115 Å². The van der Waals surface area contributed by atoms with Gasteiger partial charge in [0.15, 0.2) is 0 Å². The van der Waals surface area contributed by atoms with Crippen LogP contribution in [-0.4, -0.2) is 73.4 Å². The summed E-state index contributed by atoms with van der Waals surface area (Å²) in [5.74, 6) is 6.94. The predicted octanol–water partition coefficient (Wildman–Crippen LogP) is 26.2. The van der Waals surface area contributed by atoms with Crippen molar-refractivity contribution in [3.63, 3.8) is 0 Å². The van der Waals surface area contributed by atoms with E-state index in [1.54, 1.807) is 83.0 Å². The number of hydrogen-bond acceptors (Lipinski definition) is 24. The van der Waals surface area contributed by atoms with Gasteiger partial charge in [-0.2, -0.15) is 41.3 Å². The molecular formula is C101H104Br2Cl5N15O11. The van der Waals surface area contributed by atoms with Gasteiger partial charge in [-0.15, -0.1) is 0 Å². The minimum atomic E-state index is -0.632. The van der Waals surface area contributed by atoms with E-state index in [2.05, 4.69) is 89.9 Å². The van der Waals surface area contributed by atoms with Crippen LogP contribution in [0.15, 0.2) is 188 Å². The second-order valence-electron chi connectivity index (χ2n) is 30.8. The van der Waals surface area contributed by atoms with Crippen molar-refractivity contribution in [3.8, 4) is 99.9 Å². The Kier molecular flexibility index (Phi) is 45.7. The Hall–Kier alpha value is -13.4. The number of aromatic hydroxyl groups is 1. The van der Waals surface area contributed by atoms with Crippen molar-refractivity contribution in [2.45, 2.75) is 148 Å². The zero-order valence-corrected chi connectivity index (χ0v) is 84.9. The lowest BCUT2D eigenvalue weighted by molar-refractivity contribution is 0.284. The fourth-order valence-corrected chi connectivity index (χ4v) is 14.9. The number of benzene rings is 9. The summed E-state index contributed by atoms with van der Waals surface area (Å²) < 4.78 is 45.7. The summed E-state index contributed by atoms with van der Waals surface area (Å²) in [5, 5.41) is 54.2. The van der Waals surface area contributed by atoms with E-state index in [-0.39, 0.29) is 51.0 Å². The largest absolute Gasteiger partial charge is 0.508 e. The molecule has 33 heteroatoms. The lowest BCUT2D eigenvalue weighted by Gasteiger charge is -2.18. The lowest BCUT2D eigenvalue weighted by Crippen LogP contribution is -2.26. The number of methoxy groups -OCH3 is 4. The van der Waals surface area contributed by atoms with Crippen LogP contribution in [0.2, 0.25) is 26.0 Å². The van der Waals surface area contributed by atoms with Crippen molar-refractivity contribution in [1.82, 2.24) is 39.9 Å². The van der Waals surface area contributed by atoms with Crippen LogP contribution in [0.4, 0.5) is 11.4 Å². The molecule has 0 aliphatic rings. The molecular weight excluding hydrogens is 1940 g/mol. The topological polar surface area (TPSA) is 408 Å². The number of nitriles is 5. The highest BCUT2D eigenvalue weighted by Crippen LogP contribution is 2.39. The summed E-state index contributed by atoms with van der Waals surface area (Å²) >= 11 is 35.8. The number of H-pyrrole nitrogens is 2. The molecule has 0 bridgehead atoms. The molecule has 13 aromatic rings. The van der Waals surface area contributed by atoms with Gasteiger partial charge in [0.2, 0.25) is 34.1 Å². The predicted molar refractivity (Wildman–Crippen MR) is 536 cm³/mol. The number of nitrogens with zero attached hydrogens (tertiary/aromatic N) is 11. The Morgan fingerprint density at radius 1 is 0.388 bits per heavy atom. The first-order valence-corrected chi connectivity index (χ1v) is 44.6. The monoisotopic (exact) mass is 2040 g/mol. The van der Waals surface area contributed by atoms with Gasteiger partial charge in [-0.05, 0) is 287 Å². The number of phenols is 1.